The number of carbonyl (C=O) groups is 2. The van der Waals surface area contributed by atoms with Crippen LogP contribution in [0.1, 0.15) is 57.9 Å². The molecule has 5 rings (SSSR count). The van der Waals surface area contributed by atoms with Crippen molar-refractivity contribution < 1.29 is 19.4 Å². The Morgan fingerprint density at radius 3 is 2.64 bits per heavy atom. The Hall–Kier alpha value is -3.61. The minimum atomic E-state index is -0.733. The number of benzene rings is 1. The summed E-state index contributed by atoms with van der Waals surface area (Å²) >= 11 is 3.11. The van der Waals surface area contributed by atoms with Gasteiger partial charge in [-0.05, 0) is 56.4 Å². The Labute approximate surface area is 216 Å². The highest BCUT2D eigenvalue weighted by molar-refractivity contribution is 7.28. The van der Waals surface area contributed by atoms with Crippen LogP contribution in [-0.2, 0) is 22.0 Å². The quantitative estimate of drug-likeness (QED) is 0.309. The Morgan fingerprint density at radius 2 is 1.97 bits per heavy atom. The van der Waals surface area contributed by atoms with Crippen molar-refractivity contribution in [3.63, 3.8) is 0 Å². The topological polar surface area (TPSA) is 93.4 Å². The number of aryl methyl sites for hydroxylation is 3. The lowest BCUT2D eigenvalue weighted by Gasteiger charge is -2.16. The van der Waals surface area contributed by atoms with E-state index in [0.29, 0.717) is 24.2 Å². The zero-order valence-corrected chi connectivity index (χ0v) is 22.0. The van der Waals surface area contributed by atoms with Gasteiger partial charge in [0, 0.05) is 21.3 Å². The molecule has 1 saturated carbocycles. The smallest absolute Gasteiger partial charge is 0.413 e. The average Bonchev–Trinajstić information content (AvgIpc) is 3.32. The van der Waals surface area contributed by atoms with Crippen LogP contribution in [0.2, 0.25) is 0 Å². The molecule has 1 atom stereocenters. The molecule has 3 heterocycles. The number of ether oxygens (including phenoxy) is 1. The first-order chi connectivity index (χ1) is 17.2. The van der Waals surface area contributed by atoms with Gasteiger partial charge >= 0.3 is 12.1 Å². The molecule has 2 N–H and O–H groups in total. The number of anilines is 1. The number of aliphatic carboxylic acids is 1. The summed E-state index contributed by atoms with van der Waals surface area (Å²) in [4.78, 5) is 26.2. The van der Waals surface area contributed by atoms with Gasteiger partial charge < -0.3 is 9.84 Å². The number of thiophene rings is 2. The highest BCUT2D eigenvalue weighted by Gasteiger charge is 2.54. The highest BCUT2D eigenvalue weighted by atomic mass is 32.1. The van der Waals surface area contributed by atoms with E-state index in [2.05, 4.69) is 22.3 Å². The molecule has 0 bridgehead atoms. The maximum atomic E-state index is 12.6. The number of carbonyl (C=O) groups excluding carboxylic acids is 1. The highest BCUT2D eigenvalue weighted by Crippen LogP contribution is 2.54. The van der Waals surface area contributed by atoms with Gasteiger partial charge in [0.1, 0.15) is 17.3 Å². The number of hydrogen-bond donors (Lipinski definition) is 2. The van der Waals surface area contributed by atoms with E-state index in [1.54, 1.807) is 40.6 Å². The van der Waals surface area contributed by atoms with Crippen molar-refractivity contribution in [3.05, 3.63) is 68.5 Å². The molecule has 0 radical (unpaired) electrons. The van der Waals surface area contributed by atoms with E-state index < -0.39 is 23.6 Å². The van der Waals surface area contributed by atoms with Crippen LogP contribution in [0.3, 0.4) is 0 Å². The van der Waals surface area contributed by atoms with Crippen LogP contribution in [0.15, 0.2) is 36.5 Å². The maximum absolute atomic E-state index is 12.6. The minimum Gasteiger partial charge on any atom is -0.481 e. The number of nitrogens with zero attached hydrogens (tertiary/aromatic N) is 2. The van der Waals surface area contributed by atoms with Gasteiger partial charge in [0.05, 0.1) is 16.6 Å². The molecule has 0 spiro atoms. The van der Waals surface area contributed by atoms with Crippen LogP contribution in [0.4, 0.5) is 10.6 Å². The first kappa shape index (κ1) is 24.1. The number of rotatable bonds is 5. The monoisotopic (exact) mass is 519 g/mol. The normalized spacial score (nSPS) is 14.7. The Balaban J connectivity index is 1.33. The average molecular weight is 520 g/mol. The van der Waals surface area contributed by atoms with E-state index in [1.807, 2.05) is 51.1 Å². The third kappa shape index (κ3) is 4.27. The van der Waals surface area contributed by atoms with E-state index in [0.717, 1.165) is 35.8 Å². The summed E-state index contributed by atoms with van der Waals surface area (Å²) in [5.41, 5.74) is 2.93. The van der Waals surface area contributed by atoms with Crippen LogP contribution in [0, 0.1) is 25.7 Å². The summed E-state index contributed by atoms with van der Waals surface area (Å²) < 4.78 is 9.28. The van der Waals surface area contributed by atoms with Crippen molar-refractivity contribution in [2.75, 3.05) is 5.32 Å². The molecule has 9 heteroatoms. The largest absolute Gasteiger partial charge is 0.481 e. The molecule has 0 saturated heterocycles. The van der Waals surface area contributed by atoms with Crippen LogP contribution in [0.25, 0.3) is 9.40 Å². The maximum Gasteiger partial charge on any atom is 0.413 e. The molecule has 36 heavy (non-hydrogen) atoms. The zero-order valence-electron chi connectivity index (χ0n) is 20.3. The van der Waals surface area contributed by atoms with Crippen LogP contribution >= 0.6 is 22.7 Å². The standard InChI is InChI=1S/C27H25N3O4S2/c1-15-7-5-6-8-20(15)17(3)34-26(33)29-24-18(14-28-30(24)4)9-10-19-13-21-22(35-19)16(2)23(36-21)27(11-12-27)25(31)32/h5-8,13-14,17H,11-12H2,1-4H3,(H,29,33)(H,31,32). The molecular weight excluding hydrogens is 494 g/mol. The van der Waals surface area contributed by atoms with Crippen LogP contribution in [-0.4, -0.2) is 26.9 Å². The number of hydrogen-bond acceptors (Lipinski definition) is 6. The van der Waals surface area contributed by atoms with Crippen molar-refractivity contribution in [2.45, 2.75) is 45.1 Å². The zero-order chi connectivity index (χ0) is 25.6. The molecule has 1 aromatic carbocycles. The fourth-order valence-corrected chi connectivity index (χ4v) is 7.07. The van der Waals surface area contributed by atoms with Gasteiger partial charge in [0.15, 0.2) is 0 Å². The number of carboxylic acids is 1. The van der Waals surface area contributed by atoms with Gasteiger partial charge in [0.2, 0.25) is 0 Å². The molecule has 3 aromatic heterocycles. The summed E-state index contributed by atoms with van der Waals surface area (Å²) in [6.45, 7) is 5.82. The number of carboxylic acid groups (broad SMARTS) is 1. The van der Waals surface area contributed by atoms with E-state index >= 15 is 0 Å². The second-order valence-corrected chi connectivity index (χ2v) is 11.2. The lowest BCUT2D eigenvalue weighted by molar-refractivity contribution is -0.139. The van der Waals surface area contributed by atoms with E-state index in [1.165, 1.54) is 0 Å². The van der Waals surface area contributed by atoms with Crippen LogP contribution in [0.5, 0.6) is 0 Å². The molecule has 0 aliphatic heterocycles. The van der Waals surface area contributed by atoms with Gasteiger partial charge in [0.25, 0.3) is 0 Å². The van der Waals surface area contributed by atoms with Crippen molar-refractivity contribution in [3.8, 4) is 11.8 Å². The molecule has 4 aromatic rings. The van der Waals surface area contributed by atoms with E-state index in [4.69, 9.17) is 4.74 Å². The summed E-state index contributed by atoms with van der Waals surface area (Å²) in [6, 6.07) is 9.80. The second-order valence-electron chi connectivity index (χ2n) is 9.06. The lowest BCUT2D eigenvalue weighted by Crippen LogP contribution is -2.18. The Morgan fingerprint density at radius 1 is 1.22 bits per heavy atom. The fraction of sp³-hybridized carbons (Fsp3) is 0.296. The van der Waals surface area contributed by atoms with Gasteiger partial charge in [-0.25, -0.2) is 4.79 Å². The third-order valence-electron chi connectivity index (χ3n) is 6.58. The van der Waals surface area contributed by atoms with Gasteiger partial charge in [-0.1, -0.05) is 36.1 Å². The SMILES string of the molecule is Cc1ccccc1C(C)OC(=O)Nc1c(C#Cc2cc3sc(C4(C(=O)O)CC4)c(C)c3s2)cnn1C. The molecule has 1 aliphatic rings. The van der Waals surface area contributed by atoms with Gasteiger partial charge in [-0.3, -0.25) is 14.8 Å². The Bertz CT molecular complexity index is 1560. The molecule has 184 valence electrons. The fourth-order valence-electron chi connectivity index (χ4n) is 4.38. The molecule has 7 nitrogen and oxygen atoms in total. The first-order valence-corrected chi connectivity index (χ1v) is 13.2. The van der Waals surface area contributed by atoms with Gasteiger partial charge in [-0.2, -0.15) is 5.10 Å². The van der Waals surface area contributed by atoms with Gasteiger partial charge in [-0.15, -0.1) is 22.7 Å². The number of aromatic nitrogens is 2. The van der Waals surface area contributed by atoms with Crippen LogP contribution < -0.4 is 5.32 Å². The predicted molar refractivity (Wildman–Crippen MR) is 142 cm³/mol. The minimum absolute atomic E-state index is 0.406. The molecule has 1 unspecified atom stereocenters. The number of amides is 1. The summed E-state index contributed by atoms with van der Waals surface area (Å²) in [7, 11) is 1.73. The lowest BCUT2D eigenvalue weighted by atomic mass is 10.0. The Kier molecular flexibility index (Phi) is 6.10. The molecule has 1 amide bonds. The molecule has 1 fully saturated rings. The van der Waals surface area contributed by atoms with E-state index in [9.17, 15) is 14.7 Å². The third-order valence-corrected chi connectivity index (χ3v) is 9.32. The first-order valence-electron chi connectivity index (χ1n) is 11.5. The number of fused-ring (bicyclic) bond motifs is 1. The second kappa shape index (κ2) is 9.12. The van der Waals surface area contributed by atoms with Crippen molar-refractivity contribution in [2.24, 2.45) is 7.05 Å². The van der Waals surface area contributed by atoms with Crippen molar-refractivity contribution in [1.82, 2.24) is 9.78 Å². The van der Waals surface area contributed by atoms with Crippen molar-refractivity contribution in [1.29, 1.82) is 0 Å². The summed E-state index contributed by atoms with van der Waals surface area (Å²) in [5, 5.41) is 16.7. The molecular formula is C27H25N3O4S2. The van der Waals surface area contributed by atoms with E-state index in [-0.39, 0.29) is 0 Å². The summed E-state index contributed by atoms with van der Waals surface area (Å²) in [5.74, 6) is 6.01. The van der Waals surface area contributed by atoms with Crippen molar-refractivity contribution >= 4 is 50.0 Å². The number of nitrogens with one attached hydrogen (secondary N) is 1. The predicted octanol–water partition coefficient (Wildman–Crippen LogP) is 6.14. The summed E-state index contributed by atoms with van der Waals surface area (Å²) in [6.07, 6.45) is 2.02. The molecule has 1 aliphatic carbocycles.